The summed E-state index contributed by atoms with van der Waals surface area (Å²) in [7, 11) is 0. The average Bonchev–Trinajstić information content (AvgIpc) is 2.43. The van der Waals surface area contributed by atoms with Gasteiger partial charge < -0.3 is 4.90 Å². The Hall–Kier alpha value is -0.270. The molecule has 2 nitrogen and oxygen atoms in total. The predicted molar refractivity (Wildman–Crippen MR) is 91.8 cm³/mol. The lowest BCUT2D eigenvalue weighted by molar-refractivity contribution is -0.134. The summed E-state index contributed by atoms with van der Waals surface area (Å²) >= 11 is 6.91. The van der Waals surface area contributed by atoms with E-state index < -0.39 is 0 Å². The minimum absolute atomic E-state index is 0.176. The lowest BCUT2D eigenvalue weighted by atomic mass is 9.96. The van der Waals surface area contributed by atoms with Crippen molar-refractivity contribution in [1.82, 2.24) is 4.90 Å². The van der Waals surface area contributed by atoms with Gasteiger partial charge in [0.2, 0.25) is 5.91 Å². The molecule has 20 heavy (non-hydrogen) atoms. The van der Waals surface area contributed by atoms with Crippen molar-refractivity contribution >= 4 is 37.8 Å². The Balaban J connectivity index is 2.62. The maximum atomic E-state index is 12.1. The van der Waals surface area contributed by atoms with Crippen LogP contribution in [0.4, 0.5) is 0 Å². The number of halogens is 2. The first-order valence-electron chi connectivity index (χ1n) is 7.34. The second-order valence-corrected chi connectivity index (χ2v) is 7.83. The van der Waals surface area contributed by atoms with E-state index >= 15 is 0 Å². The molecule has 0 radical (unpaired) electrons. The molecule has 0 aromatic rings. The molecule has 1 saturated heterocycles. The number of amides is 1. The van der Waals surface area contributed by atoms with E-state index in [1.54, 1.807) is 0 Å². The number of nitrogens with zero attached hydrogens (tertiary/aromatic N) is 1. The summed E-state index contributed by atoms with van der Waals surface area (Å²) in [6.07, 6.45) is 7.20. The number of carbonyl (C=O) groups is 1. The fraction of sp³-hybridized carbons (Fsp3) is 0.688. The van der Waals surface area contributed by atoms with Gasteiger partial charge in [0.1, 0.15) is 0 Å². The van der Waals surface area contributed by atoms with Crippen molar-refractivity contribution in [3.05, 3.63) is 8.96 Å². The molecule has 0 saturated carbocycles. The fourth-order valence-corrected chi connectivity index (χ4v) is 2.92. The number of hydrogen-bond donors (Lipinski definition) is 0. The second-order valence-electron chi connectivity index (χ2n) is 5.18. The van der Waals surface area contributed by atoms with Gasteiger partial charge in [-0.3, -0.25) is 4.79 Å². The number of rotatable bonds is 5. The molecule has 1 heterocycles. The highest BCUT2D eigenvalue weighted by Gasteiger charge is 2.29. The minimum Gasteiger partial charge on any atom is -0.325 e. The topological polar surface area (TPSA) is 20.3 Å². The zero-order chi connectivity index (χ0) is 15.0. The molecule has 0 aromatic carbocycles. The summed E-state index contributed by atoms with van der Waals surface area (Å²) in [5.74, 6) is 6.59. The Morgan fingerprint density at radius 1 is 1.35 bits per heavy atom. The number of hydrogen-bond acceptors (Lipinski definition) is 1. The molecule has 0 aromatic heterocycles. The SMILES string of the molecule is CCCCCC#CCN1C(=O)CCCC1C(C)=C(Br)Br. The molecule has 0 bridgehead atoms. The predicted octanol–water partition coefficient (Wildman–Crippen LogP) is 4.97. The van der Waals surface area contributed by atoms with Crippen LogP contribution >= 0.6 is 31.9 Å². The molecule has 0 aliphatic carbocycles. The van der Waals surface area contributed by atoms with Gasteiger partial charge in [0.25, 0.3) is 0 Å². The first kappa shape index (κ1) is 17.8. The van der Waals surface area contributed by atoms with Crippen LogP contribution in [0.2, 0.25) is 0 Å². The van der Waals surface area contributed by atoms with E-state index in [1.807, 2.05) is 4.90 Å². The minimum atomic E-state index is 0.176. The standard InChI is InChI=1S/C16H23Br2NO/c1-3-4-5-6-7-8-12-19-14(13(2)16(17)18)10-9-11-15(19)20/h14H,3-6,9-12H2,1-2H3. The van der Waals surface area contributed by atoms with Crippen molar-refractivity contribution in [3.8, 4) is 11.8 Å². The molecule has 1 amide bonds. The molecule has 1 aliphatic rings. The zero-order valence-corrected chi connectivity index (χ0v) is 15.5. The van der Waals surface area contributed by atoms with Crippen LogP contribution < -0.4 is 0 Å². The smallest absolute Gasteiger partial charge is 0.223 e. The highest BCUT2D eigenvalue weighted by Crippen LogP contribution is 2.29. The Labute approximate surface area is 139 Å². The van der Waals surface area contributed by atoms with Gasteiger partial charge in [-0.2, -0.15) is 0 Å². The maximum Gasteiger partial charge on any atom is 0.223 e. The summed E-state index contributed by atoms with van der Waals surface area (Å²) in [5, 5.41) is 0. The number of carbonyl (C=O) groups excluding carboxylic acids is 1. The molecular weight excluding hydrogens is 382 g/mol. The molecule has 0 N–H and O–H groups in total. The van der Waals surface area contributed by atoms with E-state index in [2.05, 4.69) is 57.5 Å². The van der Waals surface area contributed by atoms with Gasteiger partial charge in [-0.15, -0.1) is 5.92 Å². The van der Waals surface area contributed by atoms with Gasteiger partial charge in [0.05, 0.1) is 16.0 Å². The summed E-state index contributed by atoms with van der Waals surface area (Å²) in [6.45, 7) is 4.81. The summed E-state index contributed by atoms with van der Waals surface area (Å²) < 4.78 is 0.950. The van der Waals surface area contributed by atoms with Gasteiger partial charge >= 0.3 is 0 Å². The fourth-order valence-electron chi connectivity index (χ4n) is 2.39. The van der Waals surface area contributed by atoms with Gasteiger partial charge in [-0.05, 0) is 63.6 Å². The number of likely N-dealkylation sites (tertiary alicyclic amines) is 1. The van der Waals surface area contributed by atoms with Crippen molar-refractivity contribution in [3.63, 3.8) is 0 Å². The first-order chi connectivity index (χ1) is 9.57. The van der Waals surface area contributed by atoms with Crippen LogP contribution in [0.25, 0.3) is 0 Å². The van der Waals surface area contributed by atoms with Crippen LogP contribution in [-0.2, 0) is 4.79 Å². The zero-order valence-electron chi connectivity index (χ0n) is 12.3. The van der Waals surface area contributed by atoms with E-state index in [-0.39, 0.29) is 11.9 Å². The van der Waals surface area contributed by atoms with Crippen LogP contribution in [0, 0.1) is 11.8 Å². The molecule has 1 unspecified atom stereocenters. The molecule has 1 atom stereocenters. The lowest BCUT2D eigenvalue weighted by Gasteiger charge is -2.35. The molecule has 1 aliphatic heterocycles. The Morgan fingerprint density at radius 2 is 2.10 bits per heavy atom. The molecule has 1 fully saturated rings. The van der Waals surface area contributed by atoms with Crippen LogP contribution in [0.5, 0.6) is 0 Å². The van der Waals surface area contributed by atoms with Gasteiger partial charge in [0.15, 0.2) is 0 Å². The van der Waals surface area contributed by atoms with Crippen molar-refractivity contribution in [2.45, 2.75) is 64.8 Å². The van der Waals surface area contributed by atoms with Crippen LogP contribution in [-0.4, -0.2) is 23.4 Å². The van der Waals surface area contributed by atoms with Crippen LogP contribution in [0.1, 0.15) is 58.8 Å². The van der Waals surface area contributed by atoms with Crippen molar-refractivity contribution in [1.29, 1.82) is 0 Å². The summed E-state index contributed by atoms with van der Waals surface area (Å²) in [4.78, 5) is 14.0. The van der Waals surface area contributed by atoms with Crippen LogP contribution in [0.3, 0.4) is 0 Å². The van der Waals surface area contributed by atoms with E-state index in [1.165, 1.54) is 18.4 Å². The van der Waals surface area contributed by atoms with E-state index in [0.29, 0.717) is 13.0 Å². The first-order valence-corrected chi connectivity index (χ1v) is 8.93. The number of unbranched alkanes of at least 4 members (excludes halogenated alkanes) is 3. The van der Waals surface area contributed by atoms with Crippen LogP contribution in [0.15, 0.2) is 8.96 Å². The van der Waals surface area contributed by atoms with Gasteiger partial charge in [0, 0.05) is 12.8 Å². The average molecular weight is 405 g/mol. The molecular formula is C16H23Br2NO. The second kappa shape index (κ2) is 9.63. The van der Waals surface area contributed by atoms with Crippen molar-refractivity contribution in [2.75, 3.05) is 6.54 Å². The highest BCUT2D eigenvalue weighted by molar-refractivity contribution is 9.28. The number of piperidine rings is 1. The van der Waals surface area contributed by atoms with E-state index in [9.17, 15) is 4.79 Å². The Morgan fingerprint density at radius 3 is 2.75 bits per heavy atom. The lowest BCUT2D eigenvalue weighted by Crippen LogP contribution is -2.44. The molecule has 112 valence electrons. The molecule has 1 rings (SSSR count). The van der Waals surface area contributed by atoms with Gasteiger partial charge in [-0.1, -0.05) is 25.7 Å². The summed E-state index contributed by atoms with van der Waals surface area (Å²) in [6, 6.07) is 0.176. The third-order valence-electron chi connectivity index (χ3n) is 3.64. The molecule has 0 spiro atoms. The van der Waals surface area contributed by atoms with Crippen molar-refractivity contribution < 1.29 is 4.79 Å². The quantitative estimate of drug-likeness (QED) is 0.467. The van der Waals surface area contributed by atoms with Crippen molar-refractivity contribution in [2.24, 2.45) is 0 Å². The monoisotopic (exact) mass is 403 g/mol. The highest BCUT2D eigenvalue weighted by atomic mass is 79.9. The third kappa shape index (κ3) is 5.61. The molecule has 4 heteroatoms. The largest absolute Gasteiger partial charge is 0.325 e. The van der Waals surface area contributed by atoms with Gasteiger partial charge in [-0.25, -0.2) is 0 Å². The Bertz CT molecular complexity index is 416. The van der Waals surface area contributed by atoms with E-state index in [0.717, 1.165) is 29.1 Å². The van der Waals surface area contributed by atoms with E-state index in [4.69, 9.17) is 0 Å². The normalized spacial score (nSPS) is 18.5. The Kier molecular flexibility index (Phi) is 8.56. The maximum absolute atomic E-state index is 12.1. The third-order valence-corrected chi connectivity index (χ3v) is 4.89. The summed E-state index contributed by atoms with van der Waals surface area (Å²) in [5.41, 5.74) is 1.17.